The number of aliphatic carboxylic acids is 1. The molecule has 0 bridgehead atoms. The molecule has 3 rings (SSSR count). The molecule has 0 unspecified atom stereocenters. The fourth-order valence-electron chi connectivity index (χ4n) is 5.71. The predicted octanol–water partition coefficient (Wildman–Crippen LogP) is -6.64. The largest absolute Gasteiger partial charge is 0.479 e. The molecule has 0 saturated carbocycles. The summed E-state index contributed by atoms with van der Waals surface area (Å²) in [6.07, 6.45) is -21.2. The van der Waals surface area contributed by atoms with Crippen LogP contribution in [0.1, 0.15) is 27.7 Å². The van der Waals surface area contributed by atoms with Crippen LogP contribution >= 0.6 is 0 Å². The van der Waals surface area contributed by atoms with Gasteiger partial charge < -0.3 is 85.2 Å². The summed E-state index contributed by atoms with van der Waals surface area (Å²) in [7, 11) is 0. The van der Waals surface area contributed by atoms with Crippen molar-refractivity contribution >= 4 is 23.7 Å². The molecule has 3 aliphatic heterocycles. The highest BCUT2D eigenvalue weighted by molar-refractivity contribution is 5.74. The molecule has 0 aliphatic carbocycles. The lowest BCUT2D eigenvalue weighted by Gasteiger charge is -2.51. The third kappa shape index (κ3) is 9.32. The monoisotopic (exact) mass is 699 g/mol. The first-order valence-electron chi connectivity index (χ1n) is 15.1. The summed E-state index contributed by atoms with van der Waals surface area (Å²) in [5.41, 5.74) is 0. The Hall–Kier alpha value is -2.64. The molecule has 0 aromatic carbocycles. The number of amides is 3. The standard InChI is InChI=1S/C27H45N3O18/c1-8(24(40)41)43-23-17(30-11(4)36)27(47-21-13(6-32)44-25(42)15(20(21)39)28-9(2)34)46-14(7-33)22(23)48-26-16(29-10(3)35)19(38)18(37)12(5-31)45-26/h8,12-23,25-27,31-33,37-39,42H,5-7H2,1-4H3,(H,28,34)(H,29,35)(H,30,36)(H,40,41)/t8-,12-,13-,14-,15-,16-,17-,18-,19-,20-,21-,22-,23-,25-,26+,27+/m1/s1. The van der Waals surface area contributed by atoms with Crippen molar-refractivity contribution in [2.75, 3.05) is 19.8 Å². The van der Waals surface area contributed by atoms with E-state index in [0.717, 1.165) is 27.7 Å². The molecule has 48 heavy (non-hydrogen) atoms. The van der Waals surface area contributed by atoms with Crippen LogP contribution in [0.2, 0.25) is 0 Å². The molecule has 11 N–H and O–H groups in total. The number of carboxylic acid groups (broad SMARTS) is 1. The van der Waals surface area contributed by atoms with Crippen molar-refractivity contribution in [2.24, 2.45) is 0 Å². The smallest absolute Gasteiger partial charge is 0.332 e. The third-order valence-corrected chi connectivity index (χ3v) is 7.98. The molecule has 21 heteroatoms. The Kier molecular flexibility index (Phi) is 14.4. The lowest BCUT2D eigenvalue weighted by Crippen LogP contribution is -2.71. The lowest BCUT2D eigenvalue weighted by molar-refractivity contribution is -0.356. The first kappa shape index (κ1) is 39.8. The van der Waals surface area contributed by atoms with Gasteiger partial charge >= 0.3 is 5.97 Å². The van der Waals surface area contributed by atoms with Gasteiger partial charge in [-0.25, -0.2) is 4.79 Å². The van der Waals surface area contributed by atoms with Crippen LogP contribution in [0.3, 0.4) is 0 Å². The first-order chi connectivity index (χ1) is 22.5. The van der Waals surface area contributed by atoms with Crippen molar-refractivity contribution in [3.05, 3.63) is 0 Å². The lowest BCUT2D eigenvalue weighted by atomic mass is 9.93. The van der Waals surface area contributed by atoms with E-state index in [2.05, 4.69) is 16.0 Å². The highest BCUT2D eigenvalue weighted by atomic mass is 16.7. The fourth-order valence-corrected chi connectivity index (χ4v) is 5.71. The number of hydrogen-bond acceptors (Lipinski definition) is 17. The van der Waals surface area contributed by atoms with Gasteiger partial charge in [0.05, 0.1) is 19.8 Å². The Morgan fingerprint density at radius 1 is 0.625 bits per heavy atom. The zero-order chi connectivity index (χ0) is 36.0. The molecule has 276 valence electrons. The maximum absolute atomic E-state index is 12.5. The zero-order valence-electron chi connectivity index (χ0n) is 26.5. The van der Waals surface area contributed by atoms with Gasteiger partial charge in [-0.2, -0.15) is 0 Å². The quantitative estimate of drug-likeness (QED) is 0.0851. The number of rotatable bonds is 13. The Morgan fingerprint density at radius 3 is 1.60 bits per heavy atom. The average Bonchev–Trinajstić information content (AvgIpc) is 3.01. The molecule has 3 amide bonds. The van der Waals surface area contributed by atoms with Crippen LogP contribution in [0.25, 0.3) is 0 Å². The molecular weight excluding hydrogens is 654 g/mol. The number of carbonyl (C=O) groups excluding carboxylic acids is 3. The minimum atomic E-state index is -1.78. The number of carbonyl (C=O) groups is 4. The van der Waals surface area contributed by atoms with Crippen molar-refractivity contribution in [3.63, 3.8) is 0 Å². The summed E-state index contributed by atoms with van der Waals surface area (Å²) < 4.78 is 34.7. The third-order valence-electron chi connectivity index (χ3n) is 7.98. The second kappa shape index (κ2) is 17.3. The normalized spacial score (nSPS) is 40.8. The van der Waals surface area contributed by atoms with Crippen LogP contribution in [0, 0.1) is 0 Å². The Balaban J connectivity index is 2.06. The van der Waals surface area contributed by atoms with Crippen LogP contribution in [0.5, 0.6) is 0 Å². The van der Waals surface area contributed by atoms with E-state index in [0.29, 0.717) is 0 Å². The highest BCUT2D eigenvalue weighted by Crippen LogP contribution is 2.34. The second-order valence-electron chi connectivity index (χ2n) is 11.6. The van der Waals surface area contributed by atoms with Gasteiger partial charge in [-0.15, -0.1) is 0 Å². The molecular formula is C27H45N3O18. The van der Waals surface area contributed by atoms with E-state index in [1.165, 1.54) is 0 Å². The maximum Gasteiger partial charge on any atom is 0.332 e. The van der Waals surface area contributed by atoms with Crippen LogP contribution < -0.4 is 16.0 Å². The van der Waals surface area contributed by atoms with Gasteiger partial charge in [0, 0.05) is 20.8 Å². The van der Waals surface area contributed by atoms with Gasteiger partial charge in [0.25, 0.3) is 0 Å². The number of aliphatic hydroxyl groups excluding tert-OH is 7. The van der Waals surface area contributed by atoms with Crippen LogP contribution in [0.4, 0.5) is 0 Å². The minimum Gasteiger partial charge on any atom is -0.479 e. The highest BCUT2D eigenvalue weighted by Gasteiger charge is 2.55. The molecule has 16 atom stereocenters. The molecule has 3 aliphatic rings. The van der Waals surface area contributed by atoms with E-state index >= 15 is 0 Å². The summed E-state index contributed by atoms with van der Waals surface area (Å²) >= 11 is 0. The molecule has 0 aromatic heterocycles. The van der Waals surface area contributed by atoms with Crippen LogP contribution in [0.15, 0.2) is 0 Å². The van der Waals surface area contributed by atoms with Gasteiger partial charge in [-0.3, -0.25) is 14.4 Å². The van der Waals surface area contributed by atoms with Gasteiger partial charge in [-0.05, 0) is 6.92 Å². The van der Waals surface area contributed by atoms with Crippen LogP contribution in [-0.2, 0) is 47.6 Å². The van der Waals surface area contributed by atoms with Crippen molar-refractivity contribution in [1.82, 2.24) is 16.0 Å². The van der Waals surface area contributed by atoms with E-state index in [-0.39, 0.29) is 0 Å². The molecule has 0 aromatic rings. The molecule has 0 spiro atoms. The van der Waals surface area contributed by atoms with Crippen molar-refractivity contribution < 1.29 is 88.5 Å². The molecule has 21 nitrogen and oxygen atoms in total. The summed E-state index contributed by atoms with van der Waals surface area (Å²) in [4.78, 5) is 48.1. The molecule has 3 fully saturated rings. The van der Waals surface area contributed by atoms with E-state index in [4.69, 9.17) is 28.4 Å². The van der Waals surface area contributed by atoms with E-state index in [1.54, 1.807) is 0 Å². The summed E-state index contributed by atoms with van der Waals surface area (Å²) in [6, 6.07) is -4.48. The predicted molar refractivity (Wildman–Crippen MR) is 152 cm³/mol. The van der Waals surface area contributed by atoms with Crippen molar-refractivity contribution in [2.45, 2.75) is 126 Å². The van der Waals surface area contributed by atoms with Gasteiger partial charge in [0.15, 0.2) is 25.0 Å². The zero-order valence-corrected chi connectivity index (χ0v) is 26.5. The fraction of sp³-hybridized carbons (Fsp3) is 0.852. The SMILES string of the molecule is CC(=O)N[C@@H]1[C@@H](O)[C@H](O[C@@H]2O[C@H](CO)[C@@H](O[C@@H]3O[C@H](CO)[C@@H](O)[C@H](O)[C@H]3NC(C)=O)[C@H](O[C@H](C)C(=O)O)[C@H]2NC(C)=O)[C@@H](CO)O[C@H]1O. The van der Waals surface area contributed by atoms with Crippen molar-refractivity contribution in [1.29, 1.82) is 0 Å². The molecule has 0 radical (unpaired) electrons. The van der Waals surface area contributed by atoms with E-state index in [9.17, 15) is 60.0 Å². The Bertz CT molecular complexity index is 1120. The number of nitrogens with one attached hydrogen (secondary N) is 3. The van der Waals surface area contributed by atoms with E-state index < -0.39 is 142 Å². The summed E-state index contributed by atoms with van der Waals surface area (Å²) in [5, 5.41) is 89.5. The van der Waals surface area contributed by atoms with Crippen LogP contribution in [-0.4, -0.2) is 182 Å². The number of ether oxygens (including phenoxy) is 6. The van der Waals surface area contributed by atoms with E-state index in [1.807, 2.05) is 0 Å². The second-order valence-corrected chi connectivity index (χ2v) is 11.6. The minimum absolute atomic E-state index is 0.659. The van der Waals surface area contributed by atoms with Gasteiger partial charge in [-0.1, -0.05) is 0 Å². The number of aliphatic hydroxyl groups is 7. The molecule has 3 saturated heterocycles. The van der Waals surface area contributed by atoms with Gasteiger partial charge in [0.2, 0.25) is 17.7 Å². The van der Waals surface area contributed by atoms with Crippen molar-refractivity contribution in [3.8, 4) is 0 Å². The Morgan fingerprint density at radius 2 is 1.08 bits per heavy atom. The number of hydrogen-bond donors (Lipinski definition) is 11. The molecule has 3 heterocycles. The topological polar surface area (TPSA) is 322 Å². The number of carboxylic acids is 1. The summed E-state index contributed by atoms with van der Waals surface area (Å²) in [5.74, 6) is -3.54. The average molecular weight is 700 g/mol. The summed E-state index contributed by atoms with van der Waals surface area (Å²) in [6.45, 7) is 1.91. The maximum atomic E-state index is 12.5. The van der Waals surface area contributed by atoms with Gasteiger partial charge in [0.1, 0.15) is 73.1 Å². The first-order valence-corrected chi connectivity index (χ1v) is 15.1. The Labute approximate surface area is 274 Å².